The van der Waals surface area contributed by atoms with Gasteiger partial charge in [-0.2, -0.15) is 5.26 Å². The number of likely N-dealkylation sites (N-methyl/N-ethyl adjacent to an activating group) is 1. The summed E-state index contributed by atoms with van der Waals surface area (Å²) < 4.78 is 0. The predicted octanol–water partition coefficient (Wildman–Crippen LogP) is 3.22. The minimum absolute atomic E-state index is 0.453. The van der Waals surface area contributed by atoms with Crippen molar-refractivity contribution in [1.29, 1.82) is 5.26 Å². The van der Waals surface area contributed by atoms with Gasteiger partial charge < -0.3 is 9.80 Å². The van der Waals surface area contributed by atoms with E-state index in [4.69, 9.17) is 11.6 Å². The molecule has 1 saturated heterocycles. The zero-order valence-corrected chi connectivity index (χ0v) is 13.0. The molecule has 2 rings (SSSR count). The number of anilines is 1. The molecule has 0 N–H and O–H groups in total. The maximum atomic E-state index is 9.42. The van der Waals surface area contributed by atoms with Crippen LogP contribution in [0, 0.1) is 11.3 Å². The Balaban J connectivity index is 2.35. The highest BCUT2D eigenvalue weighted by Crippen LogP contribution is 2.27. The van der Waals surface area contributed by atoms with Crippen LogP contribution in [-0.4, -0.2) is 37.6 Å². The average molecular weight is 292 g/mol. The summed E-state index contributed by atoms with van der Waals surface area (Å²) in [6, 6.07) is 8.81. The number of benzene rings is 1. The third-order valence-electron chi connectivity index (χ3n) is 4.02. The summed E-state index contributed by atoms with van der Waals surface area (Å²) in [4.78, 5) is 4.79. The third-order valence-corrected chi connectivity index (χ3v) is 4.33. The number of hydrogen-bond donors (Lipinski definition) is 0. The van der Waals surface area contributed by atoms with E-state index in [2.05, 4.69) is 35.9 Å². The molecule has 0 saturated carbocycles. The van der Waals surface area contributed by atoms with Gasteiger partial charge in [-0.3, -0.25) is 0 Å². The minimum Gasteiger partial charge on any atom is -0.366 e. The summed E-state index contributed by atoms with van der Waals surface area (Å²) in [6.45, 7) is 5.40. The largest absolute Gasteiger partial charge is 0.366 e. The van der Waals surface area contributed by atoms with Crippen LogP contribution in [0.3, 0.4) is 0 Å². The molecule has 108 valence electrons. The van der Waals surface area contributed by atoms with Crippen molar-refractivity contribution in [1.82, 2.24) is 4.90 Å². The van der Waals surface area contributed by atoms with E-state index in [9.17, 15) is 5.26 Å². The molecule has 0 radical (unpaired) electrons. The Morgan fingerprint density at radius 2 is 2.20 bits per heavy atom. The Morgan fingerprint density at radius 1 is 1.40 bits per heavy atom. The van der Waals surface area contributed by atoms with Crippen molar-refractivity contribution >= 4 is 17.3 Å². The van der Waals surface area contributed by atoms with Gasteiger partial charge in [-0.1, -0.05) is 13.0 Å². The van der Waals surface area contributed by atoms with E-state index in [-0.39, 0.29) is 0 Å². The summed E-state index contributed by atoms with van der Waals surface area (Å²) in [5, 5.41) is 9.42. The van der Waals surface area contributed by atoms with Crippen molar-refractivity contribution in [3.05, 3.63) is 29.3 Å². The maximum Gasteiger partial charge on any atom is 0.101 e. The van der Waals surface area contributed by atoms with Crippen LogP contribution in [-0.2, 0) is 5.88 Å². The van der Waals surface area contributed by atoms with E-state index in [1.165, 1.54) is 0 Å². The van der Waals surface area contributed by atoms with E-state index >= 15 is 0 Å². The van der Waals surface area contributed by atoms with E-state index in [1.54, 1.807) is 0 Å². The van der Waals surface area contributed by atoms with Crippen LogP contribution in [0.2, 0.25) is 0 Å². The molecule has 0 aromatic heterocycles. The summed E-state index contributed by atoms with van der Waals surface area (Å²) in [6.07, 6.45) is 2.22. The van der Waals surface area contributed by atoms with Crippen molar-refractivity contribution in [2.45, 2.75) is 31.7 Å². The fourth-order valence-corrected chi connectivity index (χ4v) is 3.08. The van der Waals surface area contributed by atoms with Crippen molar-refractivity contribution in [3.63, 3.8) is 0 Å². The van der Waals surface area contributed by atoms with Crippen molar-refractivity contribution in [3.8, 4) is 6.07 Å². The molecule has 3 nitrogen and oxygen atoms in total. The monoisotopic (exact) mass is 291 g/mol. The Kier molecular flexibility index (Phi) is 5.28. The molecule has 1 heterocycles. The van der Waals surface area contributed by atoms with E-state index < -0.39 is 0 Å². The SMILES string of the molecule is CCC1CN(C)CCCN1c1ccc(CCl)cc1C#N. The number of rotatable bonds is 3. The molecule has 1 aromatic rings. The second kappa shape index (κ2) is 6.97. The topological polar surface area (TPSA) is 30.3 Å². The zero-order valence-electron chi connectivity index (χ0n) is 12.3. The first-order valence-corrected chi connectivity index (χ1v) is 7.77. The standard InChI is InChI=1S/C16H22ClN3/c1-3-15-12-19(2)7-4-8-20(15)16-6-5-13(10-17)9-14(16)11-18/h5-6,9,15H,3-4,7-8,10,12H2,1-2H3. The van der Waals surface area contributed by atoms with Crippen LogP contribution in [0.25, 0.3) is 0 Å². The lowest BCUT2D eigenvalue weighted by molar-refractivity contribution is 0.328. The summed E-state index contributed by atoms with van der Waals surface area (Å²) >= 11 is 5.87. The van der Waals surface area contributed by atoms with Crippen molar-refractivity contribution < 1.29 is 0 Å². The minimum atomic E-state index is 0.453. The van der Waals surface area contributed by atoms with Gasteiger partial charge in [0.15, 0.2) is 0 Å². The summed E-state index contributed by atoms with van der Waals surface area (Å²) in [5.41, 5.74) is 2.81. The van der Waals surface area contributed by atoms with Crippen molar-refractivity contribution in [2.24, 2.45) is 0 Å². The molecule has 0 bridgehead atoms. The van der Waals surface area contributed by atoms with Gasteiger partial charge in [0.1, 0.15) is 6.07 Å². The normalized spacial score (nSPS) is 20.5. The Bertz CT molecular complexity index is 495. The van der Waals surface area contributed by atoms with Gasteiger partial charge in [0.05, 0.1) is 11.3 Å². The highest BCUT2D eigenvalue weighted by Gasteiger charge is 2.24. The van der Waals surface area contributed by atoms with Gasteiger partial charge in [-0.15, -0.1) is 11.6 Å². The summed E-state index contributed by atoms with van der Waals surface area (Å²) in [5.74, 6) is 0.453. The molecule has 0 spiro atoms. The lowest BCUT2D eigenvalue weighted by Gasteiger charge is -2.33. The van der Waals surface area contributed by atoms with Gasteiger partial charge in [0.2, 0.25) is 0 Å². The van der Waals surface area contributed by atoms with Crippen LogP contribution in [0.15, 0.2) is 18.2 Å². The zero-order chi connectivity index (χ0) is 14.5. The van der Waals surface area contributed by atoms with Gasteiger partial charge in [-0.05, 0) is 44.1 Å². The Hall–Kier alpha value is -1.24. The van der Waals surface area contributed by atoms with Gasteiger partial charge in [0, 0.05) is 25.0 Å². The number of halogens is 1. The van der Waals surface area contributed by atoms with E-state index in [1.807, 2.05) is 12.1 Å². The molecule has 0 amide bonds. The maximum absolute atomic E-state index is 9.42. The fourth-order valence-electron chi connectivity index (χ4n) is 2.92. The highest BCUT2D eigenvalue weighted by atomic mass is 35.5. The van der Waals surface area contributed by atoms with Gasteiger partial charge in [-0.25, -0.2) is 0 Å². The molecule has 1 aromatic carbocycles. The number of alkyl halides is 1. The lowest BCUT2D eigenvalue weighted by atomic mass is 10.1. The molecule has 4 heteroatoms. The molecule has 20 heavy (non-hydrogen) atoms. The first-order valence-electron chi connectivity index (χ1n) is 7.23. The molecule has 1 aliphatic rings. The Morgan fingerprint density at radius 3 is 2.85 bits per heavy atom. The molecule has 1 aliphatic heterocycles. The number of nitriles is 1. The lowest BCUT2D eigenvalue weighted by Crippen LogP contribution is -2.40. The van der Waals surface area contributed by atoms with Gasteiger partial charge in [0.25, 0.3) is 0 Å². The average Bonchev–Trinajstić information content (AvgIpc) is 2.67. The van der Waals surface area contributed by atoms with E-state index in [0.717, 1.165) is 49.3 Å². The van der Waals surface area contributed by atoms with Gasteiger partial charge >= 0.3 is 0 Å². The van der Waals surface area contributed by atoms with Crippen LogP contribution >= 0.6 is 11.6 Å². The van der Waals surface area contributed by atoms with Crippen LogP contribution in [0.5, 0.6) is 0 Å². The van der Waals surface area contributed by atoms with Crippen LogP contribution < -0.4 is 4.90 Å². The second-order valence-corrected chi connectivity index (χ2v) is 5.74. The molecule has 1 fully saturated rings. The molecule has 0 aliphatic carbocycles. The second-order valence-electron chi connectivity index (χ2n) is 5.47. The van der Waals surface area contributed by atoms with Crippen LogP contribution in [0.4, 0.5) is 5.69 Å². The molecular formula is C16H22ClN3. The smallest absolute Gasteiger partial charge is 0.101 e. The first-order chi connectivity index (χ1) is 9.69. The third kappa shape index (κ3) is 3.26. The number of hydrogen-bond acceptors (Lipinski definition) is 3. The number of nitrogens with zero attached hydrogens (tertiary/aromatic N) is 3. The Labute approximate surface area is 126 Å². The highest BCUT2D eigenvalue weighted by molar-refractivity contribution is 6.17. The summed E-state index contributed by atoms with van der Waals surface area (Å²) in [7, 11) is 2.17. The molecule has 1 atom stereocenters. The first kappa shape index (κ1) is 15.2. The van der Waals surface area contributed by atoms with E-state index in [0.29, 0.717) is 11.9 Å². The van der Waals surface area contributed by atoms with Crippen molar-refractivity contribution in [2.75, 3.05) is 31.6 Å². The fraction of sp³-hybridized carbons (Fsp3) is 0.562. The predicted molar refractivity (Wildman–Crippen MR) is 84.3 cm³/mol. The van der Waals surface area contributed by atoms with Crippen LogP contribution in [0.1, 0.15) is 30.9 Å². The molecule has 1 unspecified atom stereocenters. The molecular weight excluding hydrogens is 270 g/mol. The quantitative estimate of drug-likeness (QED) is 0.801.